The summed E-state index contributed by atoms with van der Waals surface area (Å²) < 4.78 is 16.9. The molecule has 1 saturated carbocycles. The molecule has 3 rings (SSSR count). The van der Waals surface area contributed by atoms with Gasteiger partial charge in [0.15, 0.2) is 5.96 Å². The summed E-state index contributed by atoms with van der Waals surface area (Å²) in [5.74, 6) is 2.89. The molecule has 156 valence electrons. The maximum atomic E-state index is 5.80. The number of hydrogen-bond donors (Lipinski definition) is 2. The van der Waals surface area contributed by atoms with Gasteiger partial charge in [0.2, 0.25) is 5.88 Å². The van der Waals surface area contributed by atoms with Crippen LogP contribution >= 0.6 is 0 Å². The quantitative estimate of drug-likeness (QED) is 0.343. The Bertz CT molecular complexity index is 601. The van der Waals surface area contributed by atoms with Crippen molar-refractivity contribution in [3.8, 4) is 5.88 Å². The van der Waals surface area contributed by atoms with Crippen molar-refractivity contribution in [2.75, 3.05) is 46.6 Å². The Hall–Kier alpha value is -1.86. The molecule has 2 fully saturated rings. The minimum atomic E-state index is 0.662. The molecular weight excluding hydrogens is 356 g/mol. The van der Waals surface area contributed by atoms with Gasteiger partial charge in [0.05, 0.1) is 6.61 Å². The van der Waals surface area contributed by atoms with Gasteiger partial charge in [-0.1, -0.05) is 0 Å². The van der Waals surface area contributed by atoms with Crippen LogP contribution in [-0.2, 0) is 16.0 Å². The van der Waals surface area contributed by atoms with Crippen molar-refractivity contribution < 1.29 is 14.2 Å². The van der Waals surface area contributed by atoms with Crippen LogP contribution in [0.5, 0.6) is 5.88 Å². The van der Waals surface area contributed by atoms with Crippen molar-refractivity contribution in [3.05, 3.63) is 23.9 Å². The summed E-state index contributed by atoms with van der Waals surface area (Å²) in [6.45, 7) is 5.68. The standard InChI is InChI=1S/C21H34N4O3/c1-22-21(24-8-2-10-27-15-18-6-11-26-12-7-18)25-14-19-5-9-23-20(13-19)28-16-17-3-4-17/h5,9,13,17-18H,2-4,6-8,10-12,14-16H2,1H3,(H2,22,24,25). The molecule has 2 aliphatic rings. The van der Waals surface area contributed by atoms with E-state index in [-0.39, 0.29) is 0 Å². The van der Waals surface area contributed by atoms with Gasteiger partial charge in [-0.25, -0.2) is 4.98 Å². The van der Waals surface area contributed by atoms with Crippen LogP contribution in [0.3, 0.4) is 0 Å². The maximum absolute atomic E-state index is 5.80. The fourth-order valence-corrected chi connectivity index (χ4v) is 3.08. The van der Waals surface area contributed by atoms with Crippen LogP contribution in [-0.4, -0.2) is 57.6 Å². The molecule has 2 heterocycles. The predicted octanol–water partition coefficient (Wildman–Crippen LogP) is 2.37. The van der Waals surface area contributed by atoms with Crippen LogP contribution in [0.1, 0.15) is 37.7 Å². The molecule has 7 nitrogen and oxygen atoms in total. The number of aromatic nitrogens is 1. The van der Waals surface area contributed by atoms with E-state index in [1.165, 1.54) is 12.8 Å². The summed E-state index contributed by atoms with van der Waals surface area (Å²) in [4.78, 5) is 8.56. The molecule has 0 unspecified atom stereocenters. The zero-order valence-corrected chi connectivity index (χ0v) is 17.0. The molecule has 0 atom stereocenters. The number of ether oxygens (including phenoxy) is 3. The molecular formula is C21H34N4O3. The Labute approximate surface area is 168 Å². The van der Waals surface area contributed by atoms with Gasteiger partial charge in [-0.2, -0.15) is 0 Å². The Morgan fingerprint density at radius 3 is 2.79 bits per heavy atom. The number of nitrogens with one attached hydrogen (secondary N) is 2. The molecule has 1 aliphatic carbocycles. The second-order valence-electron chi connectivity index (χ2n) is 7.59. The monoisotopic (exact) mass is 390 g/mol. The highest BCUT2D eigenvalue weighted by Gasteiger charge is 2.22. The van der Waals surface area contributed by atoms with Crippen molar-refractivity contribution in [3.63, 3.8) is 0 Å². The molecule has 1 aromatic heterocycles. The number of pyridine rings is 1. The van der Waals surface area contributed by atoms with E-state index >= 15 is 0 Å². The van der Waals surface area contributed by atoms with Crippen LogP contribution in [0.25, 0.3) is 0 Å². The molecule has 1 saturated heterocycles. The smallest absolute Gasteiger partial charge is 0.213 e. The average Bonchev–Trinajstić information content (AvgIpc) is 3.57. The van der Waals surface area contributed by atoms with E-state index in [1.807, 2.05) is 12.1 Å². The molecule has 0 aromatic carbocycles. The van der Waals surface area contributed by atoms with E-state index in [2.05, 4.69) is 20.6 Å². The first-order valence-electron chi connectivity index (χ1n) is 10.5. The minimum Gasteiger partial charge on any atom is -0.477 e. The van der Waals surface area contributed by atoms with Gasteiger partial charge in [0.25, 0.3) is 0 Å². The fourth-order valence-electron chi connectivity index (χ4n) is 3.08. The third-order valence-electron chi connectivity index (χ3n) is 5.10. The van der Waals surface area contributed by atoms with Crippen molar-refractivity contribution >= 4 is 5.96 Å². The molecule has 0 radical (unpaired) electrons. The summed E-state index contributed by atoms with van der Waals surface area (Å²) in [5, 5.41) is 6.67. The third kappa shape index (κ3) is 8.02. The summed E-state index contributed by atoms with van der Waals surface area (Å²) in [7, 11) is 1.79. The fraction of sp³-hybridized carbons (Fsp3) is 0.714. The highest BCUT2D eigenvalue weighted by molar-refractivity contribution is 5.79. The first-order valence-corrected chi connectivity index (χ1v) is 10.5. The SMILES string of the molecule is CN=C(NCCCOCC1CCOCC1)NCc1ccnc(OCC2CC2)c1. The van der Waals surface area contributed by atoms with E-state index in [0.29, 0.717) is 18.3 Å². The highest BCUT2D eigenvalue weighted by Crippen LogP contribution is 2.29. The van der Waals surface area contributed by atoms with Crippen molar-refractivity contribution in [1.82, 2.24) is 15.6 Å². The third-order valence-corrected chi connectivity index (χ3v) is 5.10. The van der Waals surface area contributed by atoms with E-state index in [9.17, 15) is 0 Å². The Morgan fingerprint density at radius 1 is 1.18 bits per heavy atom. The number of nitrogens with zero attached hydrogens (tertiary/aromatic N) is 2. The molecule has 7 heteroatoms. The average molecular weight is 391 g/mol. The summed E-state index contributed by atoms with van der Waals surface area (Å²) in [5.41, 5.74) is 1.13. The Morgan fingerprint density at radius 2 is 2.00 bits per heavy atom. The lowest BCUT2D eigenvalue weighted by Crippen LogP contribution is -2.37. The van der Waals surface area contributed by atoms with Crippen LogP contribution < -0.4 is 15.4 Å². The summed E-state index contributed by atoms with van der Waals surface area (Å²) in [6, 6.07) is 3.99. The van der Waals surface area contributed by atoms with Gasteiger partial charge in [-0.3, -0.25) is 4.99 Å². The Balaban J connectivity index is 1.26. The van der Waals surface area contributed by atoms with Gasteiger partial charge >= 0.3 is 0 Å². The molecule has 0 amide bonds. The van der Waals surface area contributed by atoms with E-state index in [0.717, 1.165) is 76.3 Å². The van der Waals surface area contributed by atoms with Crippen LogP contribution in [0, 0.1) is 11.8 Å². The lowest BCUT2D eigenvalue weighted by atomic mass is 10.0. The normalized spacial score (nSPS) is 18.1. The van der Waals surface area contributed by atoms with Crippen molar-refractivity contribution in [1.29, 1.82) is 0 Å². The number of rotatable bonds is 11. The summed E-state index contributed by atoms with van der Waals surface area (Å²) in [6.07, 6.45) is 7.56. The molecule has 28 heavy (non-hydrogen) atoms. The lowest BCUT2D eigenvalue weighted by Gasteiger charge is -2.21. The van der Waals surface area contributed by atoms with Gasteiger partial charge in [0.1, 0.15) is 0 Å². The number of guanidine groups is 1. The second kappa shape index (κ2) is 11.9. The lowest BCUT2D eigenvalue weighted by molar-refractivity contribution is 0.0203. The van der Waals surface area contributed by atoms with E-state index in [4.69, 9.17) is 14.2 Å². The topological polar surface area (TPSA) is 77.0 Å². The molecule has 1 aromatic rings. The van der Waals surface area contributed by atoms with Gasteiger partial charge in [-0.15, -0.1) is 0 Å². The van der Waals surface area contributed by atoms with Crippen molar-refractivity contribution in [2.45, 2.75) is 38.6 Å². The summed E-state index contributed by atoms with van der Waals surface area (Å²) >= 11 is 0. The Kier molecular flexibility index (Phi) is 8.84. The predicted molar refractivity (Wildman–Crippen MR) is 110 cm³/mol. The van der Waals surface area contributed by atoms with Gasteiger partial charge in [0, 0.05) is 58.8 Å². The zero-order chi connectivity index (χ0) is 19.4. The molecule has 0 spiro atoms. The first kappa shape index (κ1) is 20.9. The largest absolute Gasteiger partial charge is 0.477 e. The molecule has 2 N–H and O–H groups in total. The van der Waals surface area contributed by atoms with Crippen LogP contribution in [0.2, 0.25) is 0 Å². The highest BCUT2D eigenvalue weighted by atomic mass is 16.5. The van der Waals surface area contributed by atoms with Crippen LogP contribution in [0.15, 0.2) is 23.3 Å². The van der Waals surface area contributed by atoms with Crippen LogP contribution in [0.4, 0.5) is 0 Å². The van der Waals surface area contributed by atoms with E-state index < -0.39 is 0 Å². The second-order valence-corrected chi connectivity index (χ2v) is 7.59. The van der Waals surface area contributed by atoms with Gasteiger partial charge in [-0.05, 0) is 55.6 Å². The van der Waals surface area contributed by atoms with E-state index in [1.54, 1.807) is 13.2 Å². The molecule has 0 bridgehead atoms. The maximum Gasteiger partial charge on any atom is 0.213 e. The molecule has 1 aliphatic heterocycles. The minimum absolute atomic E-state index is 0.662. The first-order chi connectivity index (χ1) is 13.8. The number of hydrogen-bond acceptors (Lipinski definition) is 5. The van der Waals surface area contributed by atoms with Gasteiger partial charge < -0.3 is 24.8 Å². The zero-order valence-electron chi connectivity index (χ0n) is 17.0. The van der Waals surface area contributed by atoms with Crippen molar-refractivity contribution in [2.24, 2.45) is 16.8 Å². The number of aliphatic imine (C=N–C) groups is 1.